The Hall–Kier alpha value is -2.61. The van der Waals surface area contributed by atoms with E-state index in [9.17, 15) is 19.7 Å². The van der Waals surface area contributed by atoms with Gasteiger partial charge < -0.3 is 10.1 Å². The number of amides is 3. The Bertz CT molecular complexity index is 676. The smallest absolute Gasteiger partial charge is 0.322 e. The summed E-state index contributed by atoms with van der Waals surface area (Å²) in [6, 6.07) is 1.49. The van der Waals surface area contributed by atoms with Crippen LogP contribution >= 0.6 is 11.6 Å². The molecule has 1 saturated heterocycles. The van der Waals surface area contributed by atoms with Crippen molar-refractivity contribution in [2.45, 2.75) is 19.0 Å². The number of hydrogen-bond donors (Lipinski definition) is 2. The molecule has 0 aromatic heterocycles. The van der Waals surface area contributed by atoms with Crippen LogP contribution in [0, 0.1) is 10.1 Å². The minimum absolute atomic E-state index is 0.433. The second kappa shape index (κ2) is 7.10. The summed E-state index contributed by atoms with van der Waals surface area (Å²) in [5, 5.41) is 15.7. The van der Waals surface area contributed by atoms with Gasteiger partial charge in [-0.25, -0.2) is 4.79 Å². The lowest BCUT2D eigenvalue weighted by atomic mass is 10.0. The molecule has 23 heavy (non-hydrogen) atoms. The summed E-state index contributed by atoms with van der Waals surface area (Å²) in [5.41, 5.74) is 0.585. The zero-order valence-electron chi connectivity index (χ0n) is 12.1. The van der Waals surface area contributed by atoms with Crippen LogP contribution < -0.4 is 15.4 Å². The van der Waals surface area contributed by atoms with Crippen molar-refractivity contribution in [3.8, 4) is 5.75 Å². The Balaban J connectivity index is 2.30. The Kier molecular flexibility index (Phi) is 5.17. The molecule has 1 heterocycles. The number of nitrogens with zero attached hydrogens (tertiary/aromatic N) is 1. The molecule has 0 saturated carbocycles. The summed E-state index contributed by atoms with van der Waals surface area (Å²) in [5.74, 6) is -0.415. The fraction of sp³-hybridized carbons (Fsp3) is 0.286. The fourth-order valence-corrected chi connectivity index (χ4v) is 2.32. The molecule has 1 aromatic rings. The van der Waals surface area contributed by atoms with Crippen LogP contribution in [-0.2, 0) is 4.79 Å². The molecule has 122 valence electrons. The molecule has 2 unspecified atom stereocenters. The van der Waals surface area contributed by atoms with E-state index in [1.807, 2.05) is 12.2 Å². The number of benzene rings is 1. The van der Waals surface area contributed by atoms with E-state index < -0.39 is 28.9 Å². The minimum atomic E-state index is -1.60. The highest BCUT2D eigenvalue weighted by Crippen LogP contribution is 2.24. The number of hydrogen-bond acceptors (Lipinski definition) is 5. The van der Waals surface area contributed by atoms with Crippen molar-refractivity contribution < 1.29 is 19.2 Å². The summed E-state index contributed by atoms with van der Waals surface area (Å²) in [6.45, 7) is 2.25. The third-order valence-electron chi connectivity index (χ3n) is 3.13. The number of nitro groups is 1. The van der Waals surface area contributed by atoms with Crippen molar-refractivity contribution in [3.05, 3.63) is 45.0 Å². The summed E-state index contributed by atoms with van der Waals surface area (Å²) in [7, 11) is 0. The Morgan fingerprint density at radius 1 is 1.43 bits per heavy atom. The highest BCUT2D eigenvalue weighted by atomic mass is 35.5. The van der Waals surface area contributed by atoms with Gasteiger partial charge in [-0.2, -0.15) is 0 Å². The zero-order chi connectivity index (χ0) is 17.0. The van der Waals surface area contributed by atoms with Crippen LogP contribution in [0.4, 0.5) is 4.79 Å². The Morgan fingerprint density at radius 2 is 2.17 bits per heavy atom. The van der Waals surface area contributed by atoms with Gasteiger partial charge in [-0.05, 0) is 25.1 Å². The number of rotatable bonds is 5. The summed E-state index contributed by atoms with van der Waals surface area (Å²) < 4.78 is 5.44. The molecule has 1 aliphatic heterocycles. The zero-order valence-corrected chi connectivity index (χ0v) is 12.9. The third kappa shape index (κ3) is 3.98. The first-order chi connectivity index (χ1) is 10.9. The molecular formula is C14H14ClN3O5. The van der Waals surface area contributed by atoms with E-state index in [2.05, 4.69) is 5.32 Å². The minimum Gasteiger partial charge on any atom is -0.493 e. The third-order valence-corrected chi connectivity index (χ3v) is 3.36. The van der Waals surface area contributed by atoms with Crippen molar-refractivity contribution in [2.75, 3.05) is 6.61 Å². The van der Waals surface area contributed by atoms with Crippen molar-refractivity contribution >= 4 is 29.6 Å². The number of halogens is 1. The van der Waals surface area contributed by atoms with E-state index in [4.69, 9.17) is 16.3 Å². The van der Waals surface area contributed by atoms with Gasteiger partial charge in [0.15, 0.2) is 0 Å². The lowest BCUT2D eigenvalue weighted by Crippen LogP contribution is -2.62. The summed E-state index contributed by atoms with van der Waals surface area (Å²) in [4.78, 5) is 33.2. The van der Waals surface area contributed by atoms with E-state index in [-0.39, 0.29) is 0 Å². The monoisotopic (exact) mass is 339 g/mol. The first-order valence-electron chi connectivity index (χ1n) is 6.77. The molecule has 8 nitrogen and oxygen atoms in total. The number of nitrogens with one attached hydrogen (secondary N) is 2. The van der Waals surface area contributed by atoms with Crippen molar-refractivity contribution in [2.24, 2.45) is 0 Å². The predicted molar refractivity (Wildman–Crippen MR) is 82.9 cm³/mol. The molecule has 1 aromatic carbocycles. The van der Waals surface area contributed by atoms with Crippen LogP contribution in [0.2, 0.25) is 5.02 Å². The molecule has 2 rings (SSSR count). The molecule has 0 aliphatic carbocycles. The largest absolute Gasteiger partial charge is 0.493 e. The lowest BCUT2D eigenvalue weighted by Gasteiger charge is -2.23. The summed E-state index contributed by atoms with van der Waals surface area (Å²) in [6.07, 6.45) is 2.90. The van der Waals surface area contributed by atoms with Crippen LogP contribution in [-0.4, -0.2) is 35.6 Å². The average Bonchev–Trinajstić information content (AvgIpc) is 2.46. The molecule has 9 heteroatoms. The van der Waals surface area contributed by atoms with E-state index in [0.717, 1.165) is 0 Å². The number of carbonyl (C=O) groups is 2. The van der Waals surface area contributed by atoms with Crippen LogP contribution in [0.3, 0.4) is 0 Å². The van der Waals surface area contributed by atoms with Gasteiger partial charge in [0.1, 0.15) is 11.8 Å². The number of carbonyl (C=O) groups excluding carboxylic acids is 2. The van der Waals surface area contributed by atoms with E-state index in [0.29, 0.717) is 22.9 Å². The topological polar surface area (TPSA) is 111 Å². The van der Waals surface area contributed by atoms with Gasteiger partial charge in [0, 0.05) is 15.5 Å². The molecule has 3 amide bonds. The van der Waals surface area contributed by atoms with E-state index in [1.54, 1.807) is 18.2 Å². The molecule has 2 N–H and O–H groups in total. The highest BCUT2D eigenvalue weighted by Gasteiger charge is 2.43. The van der Waals surface area contributed by atoms with Crippen LogP contribution in [0.1, 0.15) is 12.5 Å². The van der Waals surface area contributed by atoms with Gasteiger partial charge in [0.05, 0.1) is 6.61 Å². The van der Waals surface area contributed by atoms with E-state index in [1.165, 1.54) is 12.2 Å². The standard InChI is InChI=1S/C14H14ClN3O5/c1-2-23-11-6-4-9(15)7-8(11)3-5-10-12(18(21)22)13(19)17-14(20)16-10/h3-7,10,12H,2H2,1H3,(H2,16,17,19,20)/b5-3-. The van der Waals surface area contributed by atoms with Crippen molar-refractivity contribution in [1.82, 2.24) is 10.6 Å². The van der Waals surface area contributed by atoms with Gasteiger partial charge >= 0.3 is 18.0 Å². The van der Waals surface area contributed by atoms with Crippen LogP contribution in [0.5, 0.6) is 5.75 Å². The molecule has 2 atom stereocenters. The summed E-state index contributed by atoms with van der Waals surface area (Å²) >= 11 is 5.93. The van der Waals surface area contributed by atoms with Gasteiger partial charge in [-0.1, -0.05) is 23.8 Å². The fourth-order valence-electron chi connectivity index (χ4n) is 2.14. The van der Waals surface area contributed by atoms with Crippen LogP contribution in [0.25, 0.3) is 6.08 Å². The second-order valence-corrected chi connectivity index (χ2v) is 5.13. The normalized spacial score (nSPS) is 21.0. The Labute approximate surface area is 136 Å². The predicted octanol–water partition coefficient (Wildman–Crippen LogP) is 1.61. The maximum absolute atomic E-state index is 11.6. The molecule has 1 aliphatic rings. The second-order valence-electron chi connectivity index (χ2n) is 4.69. The van der Waals surface area contributed by atoms with E-state index >= 15 is 0 Å². The Morgan fingerprint density at radius 3 is 2.83 bits per heavy atom. The highest BCUT2D eigenvalue weighted by molar-refractivity contribution is 6.30. The van der Waals surface area contributed by atoms with Crippen molar-refractivity contribution in [3.63, 3.8) is 0 Å². The molecule has 0 bridgehead atoms. The number of ether oxygens (including phenoxy) is 1. The van der Waals surface area contributed by atoms with Gasteiger partial charge in [0.2, 0.25) is 0 Å². The average molecular weight is 340 g/mol. The number of urea groups is 1. The lowest BCUT2D eigenvalue weighted by molar-refractivity contribution is -0.510. The maximum Gasteiger partial charge on any atom is 0.322 e. The first-order valence-corrected chi connectivity index (χ1v) is 7.15. The van der Waals surface area contributed by atoms with Gasteiger partial charge in [-0.3, -0.25) is 20.2 Å². The van der Waals surface area contributed by atoms with Gasteiger partial charge in [0.25, 0.3) is 0 Å². The first kappa shape index (κ1) is 16.8. The van der Waals surface area contributed by atoms with Crippen LogP contribution in [0.15, 0.2) is 24.3 Å². The molecule has 0 radical (unpaired) electrons. The molecular weight excluding hydrogens is 326 g/mol. The number of imide groups is 1. The quantitative estimate of drug-likeness (QED) is 0.625. The van der Waals surface area contributed by atoms with Gasteiger partial charge in [-0.15, -0.1) is 0 Å². The maximum atomic E-state index is 11.6. The molecule has 1 fully saturated rings. The SMILES string of the molecule is CCOc1ccc(Cl)cc1/C=C\C1NC(=O)NC(=O)C1[N+](=O)[O-]. The van der Waals surface area contributed by atoms with Crippen molar-refractivity contribution in [1.29, 1.82) is 0 Å². The molecule has 0 spiro atoms.